The molecule has 0 aromatic carbocycles. The first-order valence-electron chi connectivity index (χ1n) is 3.38. The van der Waals surface area contributed by atoms with E-state index in [0.717, 1.165) is 0 Å². The molecule has 1 N–H and O–H groups in total. The highest BCUT2D eigenvalue weighted by atomic mass is 16.1. The van der Waals surface area contributed by atoms with E-state index >= 15 is 0 Å². The Bertz CT molecular complexity index is 224. The summed E-state index contributed by atoms with van der Waals surface area (Å²) in [7, 11) is 0. The van der Waals surface area contributed by atoms with Crippen molar-refractivity contribution in [3.8, 4) is 0 Å². The summed E-state index contributed by atoms with van der Waals surface area (Å²) in [6, 6.07) is 0.558. The second-order valence-corrected chi connectivity index (χ2v) is 2.55. The zero-order chi connectivity index (χ0) is 6.97. The van der Waals surface area contributed by atoms with Crippen molar-refractivity contribution in [2.45, 2.75) is 18.9 Å². The lowest BCUT2D eigenvalue weighted by molar-refractivity contribution is 0.455. The predicted molar refractivity (Wildman–Crippen MR) is 36.3 cm³/mol. The van der Waals surface area contributed by atoms with Crippen molar-refractivity contribution < 1.29 is 4.79 Å². The van der Waals surface area contributed by atoms with Gasteiger partial charge in [0.15, 0.2) is 11.8 Å². The maximum absolute atomic E-state index is 10.2. The van der Waals surface area contributed by atoms with Crippen LogP contribution >= 0.6 is 0 Å². The van der Waals surface area contributed by atoms with Gasteiger partial charge in [-0.05, 0) is 12.8 Å². The average molecular weight is 136 g/mol. The summed E-state index contributed by atoms with van der Waals surface area (Å²) in [5, 5.41) is 2.82. The number of nitrogens with zero attached hydrogens (tertiary/aromatic N) is 1. The minimum Gasteiger partial charge on any atom is -0.337 e. The third kappa shape index (κ3) is 0.719. The molecule has 0 aromatic rings. The van der Waals surface area contributed by atoms with E-state index in [2.05, 4.69) is 5.32 Å². The molecule has 1 aliphatic heterocycles. The second kappa shape index (κ2) is 1.89. The van der Waals surface area contributed by atoms with Crippen LogP contribution < -0.4 is 5.32 Å². The topological polar surface area (TPSA) is 32.3 Å². The fraction of sp³-hybridized carbons (Fsp3) is 0.429. The molecule has 0 saturated heterocycles. The van der Waals surface area contributed by atoms with Crippen molar-refractivity contribution >= 4 is 5.94 Å². The Hall–Kier alpha value is -1.21. The third-order valence-corrected chi connectivity index (χ3v) is 1.75. The average Bonchev–Trinajstić information content (AvgIpc) is 2.69. The molecule has 2 aliphatic rings. The minimum atomic E-state index is 0.558. The van der Waals surface area contributed by atoms with E-state index in [-0.39, 0.29) is 0 Å². The summed E-state index contributed by atoms with van der Waals surface area (Å²) >= 11 is 0. The van der Waals surface area contributed by atoms with Crippen molar-refractivity contribution in [3.05, 3.63) is 18.2 Å². The molecule has 1 heterocycles. The molecule has 1 fully saturated rings. The standard InChI is InChI=1S/C7H8N2O/c10-5-7-8-3-4-9(7)6-1-2-6/h3-4,6,8H,1-2H2. The van der Waals surface area contributed by atoms with Gasteiger partial charge in [0, 0.05) is 18.4 Å². The summed E-state index contributed by atoms with van der Waals surface area (Å²) < 4.78 is 0. The molecule has 1 saturated carbocycles. The van der Waals surface area contributed by atoms with Crippen LogP contribution in [0.2, 0.25) is 0 Å². The van der Waals surface area contributed by atoms with E-state index in [4.69, 9.17) is 0 Å². The Kier molecular flexibility index (Phi) is 1.05. The lowest BCUT2D eigenvalue weighted by Gasteiger charge is -2.12. The van der Waals surface area contributed by atoms with Crippen molar-refractivity contribution in [2.24, 2.45) is 0 Å². The lowest BCUT2D eigenvalue weighted by Crippen LogP contribution is -2.20. The molecule has 0 amide bonds. The molecular weight excluding hydrogens is 128 g/mol. The lowest BCUT2D eigenvalue weighted by atomic mass is 10.5. The van der Waals surface area contributed by atoms with Gasteiger partial charge in [0.25, 0.3) is 0 Å². The Labute approximate surface area is 59.0 Å². The van der Waals surface area contributed by atoms with Gasteiger partial charge < -0.3 is 10.2 Å². The quantitative estimate of drug-likeness (QED) is 0.522. The van der Waals surface area contributed by atoms with Crippen LogP contribution in [0.1, 0.15) is 12.8 Å². The van der Waals surface area contributed by atoms with Crippen LogP contribution in [0.15, 0.2) is 18.2 Å². The van der Waals surface area contributed by atoms with Gasteiger partial charge in [-0.15, -0.1) is 0 Å². The zero-order valence-corrected chi connectivity index (χ0v) is 5.50. The monoisotopic (exact) mass is 136 g/mol. The molecule has 0 unspecified atom stereocenters. The first-order valence-corrected chi connectivity index (χ1v) is 3.38. The fourth-order valence-electron chi connectivity index (χ4n) is 1.08. The smallest absolute Gasteiger partial charge is 0.197 e. The molecule has 3 nitrogen and oxygen atoms in total. The summed E-state index contributed by atoms with van der Waals surface area (Å²) in [6.07, 6.45) is 6.03. The Morgan fingerprint density at radius 3 is 3.10 bits per heavy atom. The Morgan fingerprint density at radius 1 is 1.70 bits per heavy atom. The molecule has 2 rings (SSSR count). The molecule has 3 heteroatoms. The van der Waals surface area contributed by atoms with Gasteiger partial charge in [0.1, 0.15) is 0 Å². The number of hydrogen-bond donors (Lipinski definition) is 1. The van der Waals surface area contributed by atoms with Gasteiger partial charge in [0.2, 0.25) is 0 Å². The molecule has 0 aromatic heterocycles. The highest BCUT2D eigenvalue weighted by molar-refractivity contribution is 5.53. The third-order valence-electron chi connectivity index (χ3n) is 1.75. The summed E-state index contributed by atoms with van der Waals surface area (Å²) in [5.41, 5.74) is 0. The van der Waals surface area contributed by atoms with Crippen molar-refractivity contribution in [2.75, 3.05) is 0 Å². The van der Waals surface area contributed by atoms with Crippen molar-refractivity contribution in [1.82, 2.24) is 10.2 Å². The van der Waals surface area contributed by atoms with Crippen molar-refractivity contribution in [3.63, 3.8) is 0 Å². The van der Waals surface area contributed by atoms with Crippen LogP contribution in [-0.4, -0.2) is 16.9 Å². The number of rotatable bonds is 1. The normalized spacial score (nSPS) is 22.8. The maximum Gasteiger partial charge on any atom is 0.197 e. The Morgan fingerprint density at radius 2 is 2.50 bits per heavy atom. The van der Waals surface area contributed by atoms with E-state index in [1.54, 1.807) is 6.20 Å². The molecule has 52 valence electrons. The molecule has 0 atom stereocenters. The van der Waals surface area contributed by atoms with Crippen LogP contribution in [0.3, 0.4) is 0 Å². The molecule has 0 bridgehead atoms. The number of carbonyl (C=O) groups excluding carboxylic acids is 1. The van der Waals surface area contributed by atoms with Crippen molar-refractivity contribution in [1.29, 1.82) is 0 Å². The van der Waals surface area contributed by atoms with Crippen LogP contribution in [0.4, 0.5) is 0 Å². The molecular formula is C7H8N2O. The second-order valence-electron chi connectivity index (χ2n) is 2.55. The first kappa shape index (κ1) is 5.57. The van der Waals surface area contributed by atoms with Gasteiger partial charge in [-0.25, -0.2) is 4.79 Å². The van der Waals surface area contributed by atoms with E-state index < -0.39 is 0 Å². The SMILES string of the molecule is O=C=C1NC=CN1C1CC1. The van der Waals surface area contributed by atoms with Gasteiger partial charge in [-0.2, -0.15) is 0 Å². The van der Waals surface area contributed by atoms with Crippen LogP contribution in [0, 0.1) is 0 Å². The van der Waals surface area contributed by atoms with E-state index in [0.29, 0.717) is 11.9 Å². The van der Waals surface area contributed by atoms with Gasteiger partial charge in [0.05, 0.1) is 0 Å². The van der Waals surface area contributed by atoms with Gasteiger partial charge in [-0.3, -0.25) is 0 Å². The van der Waals surface area contributed by atoms with Crippen LogP contribution in [0.5, 0.6) is 0 Å². The zero-order valence-electron chi connectivity index (χ0n) is 5.50. The molecule has 0 spiro atoms. The fourth-order valence-corrected chi connectivity index (χ4v) is 1.08. The minimum absolute atomic E-state index is 0.558. The van der Waals surface area contributed by atoms with Gasteiger partial charge in [-0.1, -0.05) is 0 Å². The summed E-state index contributed by atoms with van der Waals surface area (Å²) in [6.45, 7) is 0. The molecule has 1 aliphatic carbocycles. The highest BCUT2D eigenvalue weighted by Gasteiger charge is 2.31. The van der Waals surface area contributed by atoms with Gasteiger partial charge >= 0.3 is 0 Å². The number of hydrogen-bond acceptors (Lipinski definition) is 3. The largest absolute Gasteiger partial charge is 0.337 e. The van der Waals surface area contributed by atoms with Crippen LogP contribution in [-0.2, 0) is 4.79 Å². The summed E-state index contributed by atoms with van der Waals surface area (Å²) in [4.78, 5) is 12.2. The molecule has 10 heavy (non-hydrogen) atoms. The predicted octanol–water partition coefficient (Wildman–Crippen LogP) is 0.198. The number of nitrogens with one attached hydrogen (secondary N) is 1. The first-order chi connectivity index (χ1) is 4.92. The summed E-state index contributed by atoms with van der Waals surface area (Å²) in [5.74, 6) is 2.41. The van der Waals surface area contributed by atoms with E-state index in [1.165, 1.54) is 12.8 Å². The highest BCUT2D eigenvalue weighted by Crippen LogP contribution is 2.30. The van der Waals surface area contributed by atoms with E-state index in [9.17, 15) is 4.79 Å². The maximum atomic E-state index is 10.2. The van der Waals surface area contributed by atoms with E-state index in [1.807, 2.05) is 17.0 Å². The van der Waals surface area contributed by atoms with Crippen LogP contribution in [0.25, 0.3) is 0 Å². The Balaban J connectivity index is 2.18. The molecule has 0 radical (unpaired) electrons.